The number of tetrazole rings is 1. The van der Waals surface area contributed by atoms with Crippen molar-refractivity contribution in [2.75, 3.05) is 13.7 Å². The number of piperidine rings is 1. The van der Waals surface area contributed by atoms with Crippen LogP contribution in [-0.4, -0.2) is 44.9 Å². The van der Waals surface area contributed by atoms with Crippen molar-refractivity contribution in [1.82, 2.24) is 35.8 Å². The van der Waals surface area contributed by atoms with Crippen LogP contribution in [0.5, 0.6) is 5.75 Å². The normalized spacial score (nSPS) is 17.6. The summed E-state index contributed by atoms with van der Waals surface area (Å²) in [6.45, 7) is 1.24. The molecule has 2 N–H and O–H groups in total. The van der Waals surface area contributed by atoms with E-state index in [9.17, 15) is 13.2 Å². The van der Waals surface area contributed by atoms with Crippen molar-refractivity contribution in [3.8, 4) is 11.6 Å². The van der Waals surface area contributed by atoms with E-state index in [4.69, 9.17) is 4.74 Å². The summed E-state index contributed by atoms with van der Waals surface area (Å²) in [5, 5.41) is 16.7. The zero-order chi connectivity index (χ0) is 21.8. The Kier molecular flexibility index (Phi) is 11.5. The molecule has 2 aromatic heterocycles. The third-order valence-electron chi connectivity index (χ3n) is 5.23. The van der Waals surface area contributed by atoms with Crippen molar-refractivity contribution in [3.63, 3.8) is 0 Å². The van der Waals surface area contributed by atoms with Gasteiger partial charge in [0.2, 0.25) is 0 Å². The van der Waals surface area contributed by atoms with Crippen molar-refractivity contribution in [3.05, 3.63) is 59.5 Å². The number of pyridine rings is 1. The Morgan fingerprint density at radius 3 is 2.53 bits per heavy atom. The first kappa shape index (κ1) is 29.9. The van der Waals surface area contributed by atoms with Crippen LogP contribution in [-0.2, 0) is 12.7 Å². The number of nitrogens with zero attached hydrogens (tertiary/aromatic N) is 5. The van der Waals surface area contributed by atoms with E-state index in [1.165, 1.54) is 18.7 Å². The summed E-state index contributed by atoms with van der Waals surface area (Å²) in [5.41, 5.74) is 1.65. The predicted octanol–water partition coefficient (Wildman–Crippen LogP) is 3.93. The van der Waals surface area contributed by atoms with Crippen LogP contribution in [0.2, 0.25) is 0 Å². The number of nitrogens with one attached hydrogen (secondary N) is 2. The molecule has 0 unspecified atom stereocenters. The zero-order valence-electron chi connectivity index (χ0n) is 18.0. The molecule has 0 amide bonds. The first-order valence-electron chi connectivity index (χ1n) is 9.89. The van der Waals surface area contributed by atoms with Gasteiger partial charge in [0.1, 0.15) is 5.75 Å². The quantitative estimate of drug-likeness (QED) is 0.488. The molecule has 4 rings (SSSR count). The Balaban J connectivity index is 0.00000193. The Morgan fingerprint density at radius 1 is 1.12 bits per heavy atom. The minimum absolute atomic E-state index is 0. The molecule has 1 aromatic carbocycles. The number of ether oxygens (including phenoxy) is 1. The van der Waals surface area contributed by atoms with Crippen molar-refractivity contribution in [2.24, 2.45) is 0 Å². The van der Waals surface area contributed by atoms with Gasteiger partial charge in [0, 0.05) is 18.6 Å². The van der Waals surface area contributed by atoms with Crippen LogP contribution >= 0.6 is 37.2 Å². The van der Waals surface area contributed by atoms with Crippen molar-refractivity contribution in [1.29, 1.82) is 0 Å². The molecule has 34 heavy (non-hydrogen) atoms. The molecule has 0 saturated carbocycles. The predicted molar refractivity (Wildman–Crippen MR) is 127 cm³/mol. The summed E-state index contributed by atoms with van der Waals surface area (Å²) in [6, 6.07) is 13.3. The van der Waals surface area contributed by atoms with E-state index < -0.39 is 12.0 Å². The van der Waals surface area contributed by atoms with Gasteiger partial charge >= 0.3 is 6.18 Å². The second-order valence-corrected chi connectivity index (χ2v) is 7.20. The topological polar surface area (TPSA) is 89.8 Å². The molecule has 0 radical (unpaired) electrons. The van der Waals surface area contributed by atoms with E-state index in [1.54, 1.807) is 6.07 Å². The molecule has 3 heterocycles. The minimum atomic E-state index is -4.69. The van der Waals surface area contributed by atoms with Gasteiger partial charge in [0.25, 0.3) is 5.82 Å². The van der Waals surface area contributed by atoms with Crippen LogP contribution in [0.3, 0.4) is 0 Å². The second kappa shape index (κ2) is 13.1. The fourth-order valence-electron chi connectivity index (χ4n) is 3.77. The maximum atomic E-state index is 13.2. The van der Waals surface area contributed by atoms with Gasteiger partial charge in [0.15, 0.2) is 5.82 Å². The molecule has 14 heteroatoms. The Morgan fingerprint density at radius 2 is 1.85 bits per heavy atom. The van der Waals surface area contributed by atoms with E-state index in [0.717, 1.165) is 19.4 Å². The highest BCUT2D eigenvalue weighted by atomic mass is 35.5. The van der Waals surface area contributed by atoms with Crippen LogP contribution in [0.25, 0.3) is 5.82 Å². The van der Waals surface area contributed by atoms with Crippen LogP contribution in [0.4, 0.5) is 13.2 Å². The molecule has 8 nitrogen and oxygen atoms in total. The second-order valence-electron chi connectivity index (χ2n) is 7.20. The maximum absolute atomic E-state index is 13.2. The number of hydrogen-bond acceptors (Lipinski definition) is 7. The number of alkyl halides is 3. The number of methoxy groups -OCH3 is 1. The fraction of sp³-hybridized carbons (Fsp3) is 0.400. The molecule has 188 valence electrons. The van der Waals surface area contributed by atoms with E-state index >= 15 is 0 Å². The largest absolute Gasteiger partial charge is 0.495 e. The van der Waals surface area contributed by atoms with E-state index in [-0.39, 0.29) is 55.1 Å². The third-order valence-corrected chi connectivity index (χ3v) is 5.23. The van der Waals surface area contributed by atoms with Gasteiger partial charge in [-0.2, -0.15) is 17.9 Å². The van der Waals surface area contributed by atoms with Crippen molar-refractivity contribution < 1.29 is 17.9 Å². The lowest BCUT2D eigenvalue weighted by atomic mass is 9.92. The van der Waals surface area contributed by atoms with Gasteiger partial charge in [-0.3, -0.25) is 0 Å². The van der Waals surface area contributed by atoms with Gasteiger partial charge < -0.3 is 15.4 Å². The van der Waals surface area contributed by atoms with Gasteiger partial charge in [-0.05, 0) is 47.5 Å². The summed E-state index contributed by atoms with van der Waals surface area (Å²) in [6.07, 6.45) is -2.72. The summed E-state index contributed by atoms with van der Waals surface area (Å²) >= 11 is 0. The van der Waals surface area contributed by atoms with Gasteiger partial charge in [0.05, 0.1) is 12.8 Å². The molecule has 0 spiro atoms. The highest BCUT2D eigenvalue weighted by Gasteiger charge is 2.39. The lowest BCUT2D eigenvalue weighted by Crippen LogP contribution is -2.45. The average molecular weight is 543 g/mol. The van der Waals surface area contributed by atoms with Crippen molar-refractivity contribution in [2.45, 2.75) is 37.6 Å². The zero-order valence-corrected chi connectivity index (χ0v) is 20.5. The Bertz CT molecular complexity index is 1020. The number of benzene rings is 1. The molecule has 3 aromatic rings. The highest BCUT2D eigenvalue weighted by Crippen LogP contribution is 2.29. The first-order valence-corrected chi connectivity index (χ1v) is 9.89. The molecular formula is C20H25Cl3F3N7O. The summed E-state index contributed by atoms with van der Waals surface area (Å²) in [4.78, 5) is 4.35. The molecule has 1 aliphatic rings. The minimum Gasteiger partial charge on any atom is -0.495 e. The van der Waals surface area contributed by atoms with Gasteiger partial charge in [-0.15, -0.1) is 42.3 Å². The van der Waals surface area contributed by atoms with Crippen LogP contribution < -0.4 is 15.4 Å². The van der Waals surface area contributed by atoms with E-state index in [2.05, 4.69) is 43.3 Å². The lowest BCUT2D eigenvalue weighted by molar-refractivity contribution is -0.146. The lowest BCUT2D eigenvalue weighted by Gasteiger charge is -2.34. The van der Waals surface area contributed by atoms with Crippen LogP contribution in [0.1, 0.15) is 36.0 Å². The number of halogens is 6. The average Bonchev–Trinajstić information content (AvgIpc) is 3.29. The fourth-order valence-corrected chi connectivity index (χ4v) is 3.77. The monoisotopic (exact) mass is 541 g/mol. The number of aromatic nitrogens is 5. The van der Waals surface area contributed by atoms with Crippen molar-refractivity contribution >= 4 is 37.2 Å². The summed E-state index contributed by atoms with van der Waals surface area (Å²) < 4.78 is 45.5. The molecule has 1 aliphatic heterocycles. The molecule has 0 bridgehead atoms. The summed E-state index contributed by atoms with van der Waals surface area (Å²) in [7, 11) is 1.49. The van der Waals surface area contributed by atoms with Gasteiger partial charge in [-0.25, -0.2) is 4.98 Å². The highest BCUT2D eigenvalue weighted by molar-refractivity contribution is 5.86. The molecule has 1 fully saturated rings. The molecule has 1 saturated heterocycles. The smallest absolute Gasteiger partial charge is 0.453 e. The number of hydrogen-bond donors (Lipinski definition) is 2. The Hall–Kier alpha value is -2.18. The van der Waals surface area contributed by atoms with E-state index in [0.29, 0.717) is 22.7 Å². The van der Waals surface area contributed by atoms with E-state index in [1.807, 2.05) is 18.2 Å². The standard InChI is InChI=1S/C20H22F3N7O.3ClH/c1-31-16-9-10-17(30-19(20(21,22)23)27-28-29-30)26-15(16)12-25-14-8-5-11-24-18(14)13-6-3-2-4-7-13;;;/h2-4,6-7,9-10,14,18,24-25H,5,8,11-12H2,1H3;3*1H/t14-,18-;;;/m0.../s1. The van der Waals surface area contributed by atoms with Gasteiger partial charge in [-0.1, -0.05) is 30.3 Å². The van der Waals surface area contributed by atoms with Crippen LogP contribution in [0, 0.1) is 0 Å². The summed E-state index contributed by atoms with van der Waals surface area (Å²) in [5.74, 6) is -0.793. The third kappa shape index (κ3) is 6.70. The number of rotatable bonds is 6. The molecular weight excluding hydrogens is 518 g/mol. The first-order chi connectivity index (χ1) is 15.0. The van der Waals surface area contributed by atoms with Crippen LogP contribution in [0.15, 0.2) is 42.5 Å². The molecule has 0 aliphatic carbocycles. The molecule has 2 atom stereocenters. The maximum Gasteiger partial charge on any atom is 0.453 e. The Labute approximate surface area is 213 Å². The SMILES string of the molecule is COc1ccc(-n2nnnc2C(F)(F)F)nc1CN[C@H]1CCCN[C@H]1c1ccccc1.Cl.Cl.Cl.